The fraction of sp³-hybridized carbons (Fsp3) is 0.353. The second-order valence-electron chi connectivity index (χ2n) is 7.19. The van der Waals surface area contributed by atoms with E-state index in [0.29, 0.717) is 0 Å². The number of nitrogens with one attached hydrogen (secondary N) is 1. The van der Waals surface area contributed by atoms with Gasteiger partial charge in [0.05, 0.1) is 5.75 Å². The quantitative estimate of drug-likeness (QED) is 0.793. The Labute approximate surface area is 159 Å². The Bertz CT molecular complexity index is 1080. The molecule has 1 aromatic carbocycles. The summed E-state index contributed by atoms with van der Waals surface area (Å²) in [5, 5.41) is 2.36. The highest BCUT2D eigenvalue weighted by molar-refractivity contribution is 7.93. The van der Waals surface area contributed by atoms with Crippen LogP contribution in [0.15, 0.2) is 34.2 Å². The smallest absolute Gasteiger partial charge is 0.277 e. The van der Waals surface area contributed by atoms with E-state index in [4.69, 9.17) is 10.2 Å². The van der Waals surface area contributed by atoms with Crippen molar-refractivity contribution in [3.8, 4) is 0 Å². The highest BCUT2D eigenvalue weighted by Crippen LogP contribution is 2.39. The van der Waals surface area contributed by atoms with Crippen molar-refractivity contribution in [2.24, 2.45) is 10.7 Å². The lowest BCUT2D eigenvalue weighted by atomic mass is 9.92. The van der Waals surface area contributed by atoms with E-state index in [1.54, 1.807) is 0 Å². The summed E-state index contributed by atoms with van der Waals surface area (Å²) >= 11 is 0. The van der Waals surface area contributed by atoms with Crippen LogP contribution in [-0.2, 0) is 15.4 Å². The first-order valence-corrected chi connectivity index (χ1v) is 9.80. The topological polar surface area (TPSA) is 128 Å². The average molecular weight is 412 g/mol. The molecule has 0 fully saturated rings. The Balaban J connectivity index is 2.08. The van der Waals surface area contributed by atoms with E-state index in [0.717, 1.165) is 24.8 Å². The number of aliphatic imine (C=N–C) groups is 1. The van der Waals surface area contributed by atoms with E-state index >= 15 is 0 Å². The summed E-state index contributed by atoms with van der Waals surface area (Å²) in [6, 6.07) is 1.90. The third kappa shape index (κ3) is 3.15. The van der Waals surface area contributed by atoms with E-state index in [-0.39, 0.29) is 22.8 Å². The number of amidine groups is 1. The minimum Gasteiger partial charge on any atom is -0.451 e. The van der Waals surface area contributed by atoms with Gasteiger partial charge in [-0.2, -0.15) is 0 Å². The molecule has 1 unspecified atom stereocenters. The Morgan fingerprint density at radius 2 is 1.96 bits per heavy atom. The predicted molar refractivity (Wildman–Crippen MR) is 97.7 cm³/mol. The van der Waals surface area contributed by atoms with Crippen LogP contribution in [0.2, 0.25) is 0 Å². The lowest BCUT2D eigenvalue weighted by molar-refractivity contribution is 0.102. The molecule has 3 N–H and O–H groups in total. The van der Waals surface area contributed by atoms with Crippen LogP contribution in [0.25, 0.3) is 0 Å². The second-order valence-corrected chi connectivity index (χ2v) is 9.73. The molecule has 1 amide bonds. The fourth-order valence-electron chi connectivity index (χ4n) is 2.85. The van der Waals surface area contributed by atoms with E-state index in [9.17, 15) is 22.0 Å². The number of sulfone groups is 1. The zero-order valence-electron chi connectivity index (χ0n) is 15.3. The third-order valence-corrected chi connectivity index (χ3v) is 7.47. The molecule has 0 bridgehead atoms. The van der Waals surface area contributed by atoms with Crippen LogP contribution in [0.4, 0.5) is 14.5 Å². The van der Waals surface area contributed by atoms with Crippen molar-refractivity contribution >= 4 is 27.3 Å². The third-order valence-electron chi connectivity index (χ3n) is 4.76. The normalized spacial score (nSPS) is 23.1. The van der Waals surface area contributed by atoms with Gasteiger partial charge in [0.1, 0.15) is 22.4 Å². The minimum atomic E-state index is -3.82. The number of benzene rings is 1. The number of rotatable bonds is 3. The van der Waals surface area contributed by atoms with E-state index in [2.05, 4.69) is 15.3 Å². The Kier molecular flexibility index (Phi) is 4.53. The number of oxazole rings is 1. The molecule has 1 aliphatic rings. The second kappa shape index (κ2) is 6.36. The van der Waals surface area contributed by atoms with Gasteiger partial charge in [-0.25, -0.2) is 22.2 Å². The SMILES string of the molecule is CC1(c2cc(NC(=O)c3cocn3)cc(F)c2F)CS(=O)(=O)C(C)(C)C(N)=N1. The molecule has 1 aromatic heterocycles. The molecule has 1 aliphatic heterocycles. The number of amides is 1. The molecule has 1 atom stereocenters. The van der Waals surface area contributed by atoms with Gasteiger partial charge < -0.3 is 15.5 Å². The van der Waals surface area contributed by atoms with Gasteiger partial charge in [-0.05, 0) is 26.8 Å². The summed E-state index contributed by atoms with van der Waals surface area (Å²) in [5.41, 5.74) is 3.66. The molecule has 0 aliphatic carbocycles. The highest BCUT2D eigenvalue weighted by Gasteiger charge is 2.49. The highest BCUT2D eigenvalue weighted by atomic mass is 32.2. The molecule has 0 radical (unpaired) electrons. The van der Waals surface area contributed by atoms with Gasteiger partial charge in [0.2, 0.25) is 0 Å². The van der Waals surface area contributed by atoms with E-state index < -0.39 is 43.4 Å². The van der Waals surface area contributed by atoms with Crippen LogP contribution in [-0.4, -0.2) is 35.6 Å². The molecular weight excluding hydrogens is 394 g/mol. The first kappa shape index (κ1) is 19.9. The summed E-state index contributed by atoms with van der Waals surface area (Å²) in [6.45, 7) is 4.13. The number of nitrogens with zero attached hydrogens (tertiary/aromatic N) is 2. The van der Waals surface area contributed by atoms with Gasteiger partial charge in [0.15, 0.2) is 33.6 Å². The summed E-state index contributed by atoms with van der Waals surface area (Å²) < 4.78 is 57.4. The van der Waals surface area contributed by atoms with Crippen LogP contribution in [0, 0.1) is 11.6 Å². The van der Waals surface area contributed by atoms with Crippen molar-refractivity contribution < 1.29 is 26.4 Å². The fourth-order valence-corrected chi connectivity index (χ4v) is 4.54. The molecule has 150 valence electrons. The number of aromatic nitrogens is 1. The van der Waals surface area contributed by atoms with Crippen molar-refractivity contribution in [3.05, 3.63) is 47.7 Å². The number of nitrogens with two attached hydrogens (primary N) is 1. The molecule has 0 saturated carbocycles. The van der Waals surface area contributed by atoms with Gasteiger partial charge in [-0.15, -0.1) is 0 Å². The van der Waals surface area contributed by atoms with Crippen LogP contribution >= 0.6 is 0 Å². The summed E-state index contributed by atoms with van der Waals surface area (Å²) in [5.74, 6) is -4.04. The van der Waals surface area contributed by atoms with E-state index in [1.165, 1.54) is 20.8 Å². The summed E-state index contributed by atoms with van der Waals surface area (Å²) in [4.78, 5) is 19.9. The van der Waals surface area contributed by atoms with E-state index in [1.807, 2.05) is 0 Å². The average Bonchev–Trinajstić information content (AvgIpc) is 3.10. The molecule has 11 heteroatoms. The first-order valence-electron chi connectivity index (χ1n) is 8.14. The summed E-state index contributed by atoms with van der Waals surface area (Å²) in [6.07, 6.45) is 2.12. The van der Waals surface area contributed by atoms with Crippen LogP contribution in [0.3, 0.4) is 0 Å². The number of carbonyl (C=O) groups excluding carboxylic acids is 1. The minimum absolute atomic E-state index is 0.0678. The van der Waals surface area contributed by atoms with Crippen LogP contribution in [0.1, 0.15) is 36.8 Å². The van der Waals surface area contributed by atoms with Gasteiger partial charge in [0, 0.05) is 17.3 Å². The van der Waals surface area contributed by atoms with Gasteiger partial charge in [0.25, 0.3) is 5.91 Å². The molecule has 0 saturated heterocycles. The van der Waals surface area contributed by atoms with Crippen molar-refractivity contribution in [3.63, 3.8) is 0 Å². The molecule has 3 rings (SSSR count). The first-order chi connectivity index (χ1) is 12.9. The maximum atomic E-state index is 14.6. The van der Waals surface area contributed by atoms with Gasteiger partial charge in [-0.1, -0.05) is 0 Å². The van der Waals surface area contributed by atoms with Gasteiger partial charge in [-0.3, -0.25) is 9.79 Å². The van der Waals surface area contributed by atoms with Crippen molar-refractivity contribution in [1.29, 1.82) is 0 Å². The summed E-state index contributed by atoms with van der Waals surface area (Å²) in [7, 11) is -3.82. The largest absolute Gasteiger partial charge is 0.451 e. The maximum Gasteiger partial charge on any atom is 0.277 e. The Morgan fingerprint density at radius 1 is 1.29 bits per heavy atom. The Hall–Kier alpha value is -2.82. The molecule has 28 heavy (non-hydrogen) atoms. The van der Waals surface area contributed by atoms with Crippen molar-refractivity contribution in [2.45, 2.75) is 31.1 Å². The number of halogens is 2. The van der Waals surface area contributed by atoms with Crippen LogP contribution in [0.5, 0.6) is 0 Å². The van der Waals surface area contributed by atoms with Crippen molar-refractivity contribution in [1.82, 2.24) is 4.98 Å². The predicted octanol–water partition coefficient (Wildman–Crippen LogP) is 1.98. The monoisotopic (exact) mass is 412 g/mol. The zero-order chi connectivity index (χ0) is 20.9. The number of anilines is 1. The maximum absolute atomic E-state index is 14.6. The molecule has 2 aromatic rings. The molecule has 2 heterocycles. The molecule has 8 nitrogen and oxygen atoms in total. The van der Waals surface area contributed by atoms with Gasteiger partial charge >= 0.3 is 0 Å². The lowest BCUT2D eigenvalue weighted by Crippen LogP contribution is -2.55. The molecular formula is C17H18F2N4O4S. The Morgan fingerprint density at radius 3 is 2.54 bits per heavy atom. The number of hydrogen-bond donors (Lipinski definition) is 2. The van der Waals surface area contributed by atoms with Crippen LogP contribution < -0.4 is 11.1 Å². The van der Waals surface area contributed by atoms with Crippen molar-refractivity contribution in [2.75, 3.05) is 11.1 Å². The molecule has 0 spiro atoms. The number of carbonyl (C=O) groups is 1. The number of hydrogen-bond acceptors (Lipinski definition) is 7. The standard InChI is InChI=1S/C17H18F2N4O4S/c1-16(2)15(20)23-17(3,7-28(16,25)26)10-4-9(5-11(18)13(10)19)22-14(24)12-6-27-8-21-12/h4-6,8H,7H2,1-3H3,(H2,20,23)(H,22,24). The zero-order valence-corrected chi connectivity index (χ0v) is 16.1. The lowest BCUT2D eigenvalue weighted by Gasteiger charge is -2.38.